The van der Waals surface area contributed by atoms with Gasteiger partial charge in [0.2, 0.25) is 0 Å². The van der Waals surface area contributed by atoms with Crippen molar-refractivity contribution in [3.63, 3.8) is 0 Å². The van der Waals surface area contributed by atoms with E-state index in [1.807, 2.05) is 18.2 Å². The van der Waals surface area contributed by atoms with Gasteiger partial charge in [-0.3, -0.25) is 0 Å². The molecule has 7 heteroatoms. The van der Waals surface area contributed by atoms with Crippen LogP contribution >= 0.6 is 0 Å². The van der Waals surface area contributed by atoms with Gasteiger partial charge in [-0.05, 0) is 36.5 Å². The van der Waals surface area contributed by atoms with Gasteiger partial charge in [-0.1, -0.05) is 52.2 Å². The second kappa shape index (κ2) is 10.5. The molecule has 1 heterocycles. The van der Waals surface area contributed by atoms with Gasteiger partial charge < -0.3 is 9.64 Å². The number of anilines is 2. The molecule has 0 aliphatic heterocycles. The van der Waals surface area contributed by atoms with E-state index in [0.717, 1.165) is 43.9 Å². The lowest BCUT2D eigenvalue weighted by atomic mass is 9.98. The second-order valence-electron chi connectivity index (χ2n) is 7.26. The van der Waals surface area contributed by atoms with Gasteiger partial charge in [-0.25, -0.2) is 4.98 Å². The molecule has 0 saturated carbocycles. The van der Waals surface area contributed by atoms with Gasteiger partial charge in [0.15, 0.2) is 5.82 Å². The number of aromatic nitrogens is 2. The zero-order valence-corrected chi connectivity index (χ0v) is 17.6. The largest absolute Gasteiger partial charge is 0.463 e. The molecular weight excluding hydrogens is 379 g/mol. The van der Waals surface area contributed by atoms with E-state index in [-0.39, 0.29) is 11.8 Å². The van der Waals surface area contributed by atoms with Crippen LogP contribution in [-0.2, 0) is 6.18 Å². The van der Waals surface area contributed by atoms with E-state index in [4.69, 9.17) is 4.74 Å². The molecule has 1 unspecified atom stereocenters. The normalized spacial score (nSPS) is 12.7. The van der Waals surface area contributed by atoms with E-state index < -0.39 is 11.7 Å². The fourth-order valence-corrected chi connectivity index (χ4v) is 2.97. The molecule has 29 heavy (non-hydrogen) atoms. The summed E-state index contributed by atoms with van der Waals surface area (Å²) < 4.78 is 46.2. The molecule has 2 rings (SSSR count). The van der Waals surface area contributed by atoms with Gasteiger partial charge in [0, 0.05) is 18.9 Å². The zero-order chi connectivity index (χ0) is 21.4. The highest BCUT2D eigenvalue weighted by Gasteiger charge is 2.36. The topological polar surface area (TPSA) is 38.2 Å². The summed E-state index contributed by atoms with van der Waals surface area (Å²) in [5.41, 5.74) is 0.833. The molecular formula is C22H30F3N3O. The first-order valence-electron chi connectivity index (χ1n) is 10.2. The van der Waals surface area contributed by atoms with Crippen LogP contribution in [0.1, 0.15) is 69.9 Å². The molecule has 0 N–H and O–H groups in total. The van der Waals surface area contributed by atoms with Crippen LogP contribution in [0.25, 0.3) is 0 Å². The average molecular weight is 409 g/mol. The van der Waals surface area contributed by atoms with E-state index >= 15 is 0 Å². The molecule has 0 amide bonds. The number of rotatable bonds is 10. The summed E-state index contributed by atoms with van der Waals surface area (Å²) in [4.78, 5) is 9.32. The van der Waals surface area contributed by atoms with Crippen LogP contribution in [-0.4, -0.2) is 23.6 Å². The molecule has 1 atom stereocenters. The number of hydrogen-bond donors (Lipinski definition) is 0. The average Bonchev–Trinajstić information content (AvgIpc) is 2.71. The maximum Gasteiger partial charge on any atom is 0.421 e. The maximum absolute atomic E-state index is 13.6. The standard InChI is InChI=1S/C22H30F3N3O/c1-5-7-8-9-13-29-21-26-15-19(22(23,24)25)20(27-21)28(4)18-12-10-11-17(14-18)16(3)6-2/h10-12,14-16H,5-9,13H2,1-4H3. The first kappa shape index (κ1) is 23.0. The van der Waals surface area contributed by atoms with E-state index in [0.29, 0.717) is 18.2 Å². The van der Waals surface area contributed by atoms with Crippen LogP contribution in [0, 0.1) is 0 Å². The van der Waals surface area contributed by atoms with Gasteiger partial charge in [0.25, 0.3) is 0 Å². The molecule has 0 aliphatic carbocycles. The Morgan fingerprint density at radius 1 is 1.14 bits per heavy atom. The number of nitrogens with zero attached hydrogens (tertiary/aromatic N) is 3. The van der Waals surface area contributed by atoms with Crippen molar-refractivity contribution in [1.29, 1.82) is 0 Å². The van der Waals surface area contributed by atoms with Crippen molar-refractivity contribution >= 4 is 11.5 Å². The minimum Gasteiger partial charge on any atom is -0.463 e. The number of benzene rings is 1. The van der Waals surface area contributed by atoms with Gasteiger partial charge in [0.1, 0.15) is 5.56 Å². The maximum atomic E-state index is 13.6. The molecule has 1 aromatic carbocycles. The highest BCUT2D eigenvalue weighted by atomic mass is 19.4. The SMILES string of the molecule is CCCCCCOc1ncc(C(F)(F)F)c(N(C)c2cccc(C(C)CC)c2)n1. The minimum atomic E-state index is -4.56. The van der Waals surface area contributed by atoms with Crippen molar-refractivity contribution in [3.8, 4) is 6.01 Å². The Hall–Kier alpha value is -2.31. The van der Waals surface area contributed by atoms with Crippen molar-refractivity contribution in [1.82, 2.24) is 9.97 Å². The third-order valence-corrected chi connectivity index (χ3v) is 5.04. The fourth-order valence-electron chi connectivity index (χ4n) is 2.97. The Balaban J connectivity index is 2.31. The summed E-state index contributed by atoms with van der Waals surface area (Å²) in [5.74, 6) is 0.107. The molecule has 0 spiro atoms. The van der Waals surface area contributed by atoms with Crippen molar-refractivity contribution in [3.05, 3.63) is 41.6 Å². The number of ether oxygens (including phenoxy) is 1. The molecule has 0 radical (unpaired) electrons. The molecule has 0 bridgehead atoms. The van der Waals surface area contributed by atoms with Crippen molar-refractivity contribution in [2.45, 2.75) is 65.0 Å². The Bertz CT molecular complexity index is 780. The lowest BCUT2D eigenvalue weighted by Crippen LogP contribution is -2.19. The highest BCUT2D eigenvalue weighted by Crippen LogP contribution is 2.38. The molecule has 4 nitrogen and oxygen atoms in total. The van der Waals surface area contributed by atoms with Crippen molar-refractivity contribution in [2.75, 3.05) is 18.6 Å². The van der Waals surface area contributed by atoms with Gasteiger partial charge >= 0.3 is 12.2 Å². The van der Waals surface area contributed by atoms with Crippen LogP contribution in [0.5, 0.6) is 6.01 Å². The first-order chi connectivity index (χ1) is 13.8. The molecule has 1 aromatic heterocycles. The van der Waals surface area contributed by atoms with Crippen LogP contribution < -0.4 is 9.64 Å². The minimum absolute atomic E-state index is 0.0329. The fraction of sp³-hybridized carbons (Fsp3) is 0.545. The Morgan fingerprint density at radius 2 is 1.90 bits per heavy atom. The van der Waals surface area contributed by atoms with Crippen LogP contribution in [0.3, 0.4) is 0 Å². The summed E-state index contributed by atoms with van der Waals surface area (Å²) in [6.45, 7) is 6.67. The van der Waals surface area contributed by atoms with E-state index in [9.17, 15) is 13.2 Å². The molecule has 0 saturated heterocycles. The molecule has 0 aliphatic rings. The van der Waals surface area contributed by atoms with Gasteiger partial charge in [-0.15, -0.1) is 0 Å². The number of hydrogen-bond acceptors (Lipinski definition) is 4. The Kier molecular flexibility index (Phi) is 8.29. The van der Waals surface area contributed by atoms with Crippen LogP contribution in [0.2, 0.25) is 0 Å². The lowest BCUT2D eigenvalue weighted by Gasteiger charge is -2.23. The monoisotopic (exact) mass is 409 g/mol. The summed E-state index contributed by atoms with van der Waals surface area (Å²) >= 11 is 0. The zero-order valence-electron chi connectivity index (χ0n) is 17.6. The summed E-state index contributed by atoms with van der Waals surface area (Å²) in [7, 11) is 1.58. The van der Waals surface area contributed by atoms with E-state index in [2.05, 4.69) is 30.7 Å². The smallest absolute Gasteiger partial charge is 0.421 e. The summed E-state index contributed by atoms with van der Waals surface area (Å²) in [6, 6.07) is 7.49. The summed E-state index contributed by atoms with van der Waals surface area (Å²) in [5, 5.41) is 0. The quantitative estimate of drug-likeness (QED) is 0.408. The Labute approximate surface area is 171 Å². The number of alkyl halides is 3. The Morgan fingerprint density at radius 3 is 2.55 bits per heavy atom. The predicted molar refractivity (Wildman–Crippen MR) is 110 cm³/mol. The second-order valence-corrected chi connectivity index (χ2v) is 7.26. The summed E-state index contributed by atoms with van der Waals surface area (Å²) in [6.07, 6.45) is 1.21. The van der Waals surface area contributed by atoms with Gasteiger partial charge in [-0.2, -0.15) is 18.2 Å². The molecule has 0 fully saturated rings. The van der Waals surface area contributed by atoms with Crippen LogP contribution in [0.4, 0.5) is 24.7 Å². The molecule has 2 aromatic rings. The first-order valence-corrected chi connectivity index (χ1v) is 10.2. The number of unbranched alkanes of at least 4 members (excludes halogenated alkanes) is 3. The highest BCUT2D eigenvalue weighted by molar-refractivity contribution is 5.63. The third kappa shape index (κ3) is 6.34. The lowest BCUT2D eigenvalue weighted by molar-refractivity contribution is -0.137. The van der Waals surface area contributed by atoms with E-state index in [1.165, 1.54) is 4.90 Å². The van der Waals surface area contributed by atoms with E-state index in [1.54, 1.807) is 13.1 Å². The third-order valence-electron chi connectivity index (χ3n) is 5.04. The van der Waals surface area contributed by atoms with Crippen molar-refractivity contribution in [2.24, 2.45) is 0 Å². The van der Waals surface area contributed by atoms with Crippen molar-refractivity contribution < 1.29 is 17.9 Å². The van der Waals surface area contributed by atoms with Crippen LogP contribution in [0.15, 0.2) is 30.5 Å². The predicted octanol–water partition coefficient (Wildman–Crippen LogP) is 6.74. The number of halogens is 3. The molecule has 160 valence electrons. The van der Waals surface area contributed by atoms with Gasteiger partial charge in [0.05, 0.1) is 6.61 Å².